The highest BCUT2D eigenvalue weighted by molar-refractivity contribution is 5.94. The van der Waals surface area contributed by atoms with E-state index in [2.05, 4.69) is 25.6 Å². The van der Waals surface area contributed by atoms with Crippen LogP contribution in [0.1, 0.15) is 47.3 Å². The number of hydrogen-bond acceptors (Lipinski definition) is 7. The number of carboxylic acid groups (broad SMARTS) is 2. The number of aromatic amines is 2. The molecule has 2 heterocycles. The molecule has 0 radical (unpaired) electrons. The fourth-order valence-corrected chi connectivity index (χ4v) is 3.18. The van der Waals surface area contributed by atoms with Gasteiger partial charge in [-0.2, -0.15) is 0 Å². The lowest BCUT2D eigenvalue weighted by Gasteiger charge is -2.26. The van der Waals surface area contributed by atoms with E-state index in [0.29, 0.717) is 0 Å². The second-order valence-corrected chi connectivity index (χ2v) is 8.48. The third-order valence-corrected chi connectivity index (χ3v) is 5.33. The molecule has 37 heavy (non-hydrogen) atoms. The molecule has 3 aromatic rings. The second kappa shape index (κ2) is 12.7. The van der Waals surface area contributed by atoms with Crippen LogP contribution >= 0.6 is 0 Å². The fourth-order valence-electron chi connectivity index (χ4n) is 3.18. The smallest absolute Gasteiger partial charge is 0.348 e. The lowest BCUT2D eigenvalue weighted by atomic mass is 9.92. The molecule has 194 valence electrons. The SMILES string of the molecule is C[C@@H](CNC(=O)c1[nH]c(=O)c(C(=O)NC(C)(C)c2ccc(-c3cccnc3)cc2)c[nH+]1)C(=O)O.O=C[O-]. The van der Waals surface area contributed by atoms with Crippen LogP contribution in [-0.2, 0) is 15.1 Å². The van der Waals surface area contributed by atoms with Crippen molar-refractivity contribution < 1.29 is 34.4 Å². The highest BCUT2D eigenvalue weighted by Crippen LogP contribution is 2.24. The molecule has 0 saturated heterocycles. The van der Waals surface area contributed by atoms with E-state index in [1.165, 1.54) is 6.92 Å². The Bertz CT molecular complexity index is 1310. The van der Waals surface area contributed by atoms with E-state index < -0.39 is 41.3 Å². The maximum absolute atomic E-state index is 12.8. The van der Waals surface area contributed by atoms with Gasteiger partial charge in [-0.3, -0.25) is 19.4 Å². The molecule has 0 bridgehead atoms. The van der Waals surface area contributed by atoms with Crippen molar-refractivity contribution in [3.8, 4) is 11.1 Å². The minimum atomic E-state index is -1.06. The summed E-state index contributed by atoms with van der Waals surface area (Å²) in [7, 11) is 0. The van der Waals surface area contributed by atoms with E-state index in [1.807, 2.05) is 50.2 Å². The van der Waals surface area contributed by atoms with Crippen LogP contribution in [0.15, 0.2) is 59.8 Å². The summed E-state index contributed by atoms with van der Waals surface area (Å²) in [6.45, 7) is 4.46. The van der Waals surface area contributed by atoms with Gasteiger partial charge < -0.3 is 25.6 Å². The van der Waals surface area contributed by atoms with Crippen LogP contribution in [0.5, 0.6) is 0 Å². The third-order valence-electron chi connectivity index (χ3n) is 5.33. The first-order valence-corrected chi connectivity index (χ1v) is 11.0. The lowest BCUT2D eigenvalue weighted by molar-refractivity contribution is -0.387. The van der Waals surface area contributed by atoms with Crippen molar-refractivity contribution in [2.75, 3.05) is 6.54 Å². The Labute approximate surface area is 211 Å². The predicted octanol–water partition coefficient (Wildman–Crippen LogP) is -0.267. The molecule has 0 fully saturated rings. The summed E-state index contributed by atoms with van der Waals surface area (Å²) in [4.78, 5) is 65.5. The standard InChI is InChI=1S/C24H25N5O5.CH2O2/c1-14(23(33)34)11-27-22(32)19-26-13-18(20(30)28-19)21(31)29-24(2,3)17-8-6-15(7-9-17)16-5-4-10-25-12-16;2-1-3/h4-10,12-14H,11H2,1-3H3,(H,27,32)(H,29,31)(H,33,34)(H,26,28,30);1H,(H,2,3)/t14-;/m0./s1. The molecule has 1 atom stereocenters. The van der Waals surface area contributed by atoms with Crippen molar-refractivity contribution in [2.24, 2.45) is 5.92 Å². The van der Waals surface area contributed by atoms with Crippen molar-refractivity contribution >= 4 is 24.3 Å². The van der Waals surface area contributed by atoms with Crippen molar-refractivity contribution in [1.82, 2.24) is 20.6 Å². The van der Waals surface area contributed by atoms with Crippen LogP contribution in [0.25, 0.3) is 11.1 Å². The van der Waals surface area contributed by atoms with Gasteiger partial charge in [0.2, 0.25) is 0 Å². The Kier molecular flexibility index (Phi) is 9.75. The molecule has 0 spiro atoms. The summed E-state index contributed by atoms with van der Waals surface area (Å²) < 4.78 is 0. The first kappa shape index (κ1) is 28.4. The van der Waals surface area contributed by atoms with Gasteiger partial charge in [-0.15, -0.1) is 0 Å². The number of nitrogens with one attached hydrogen (secondary N) is 4. The number of hydrogen-bond donors (Lipinski definition) is 4. The number of nitrogens with zero attached hydrogens (tertiary/aromatic N) is 1. The highest BCUT2D eigenvalue weighted by atomic mass is 16.4. The van der Waals surface area contributed by atoms with E-state index in [1.54, 1.807) is 12.4 Å². The second-order valence-electron chi connectivity index (χ2n) is 8.48. The first-order chi connectivity index (χ1) is 17.5. The number of carboxylic acids is 1. The van der Waals surface area contributed by atoms with Crippen molar-refractivity contribution in [3.05, 3.63) is 82.3 Å². The molecular weight excluding hydrogens is 482 g/mol. The minimum absolute atomic E-state index is 0.111. The van der Waals surface area contributed by atoms with E-state index in [-0.39, 0.29) is 17.9 Å². The van der Waals surface area contributed by atoms with Gasteiger partial charge in [0.1, 0.15) is 6.20 Å². The molecule has 3 rings (SSSR count). The predicted molar refractivity (Wildman–Crippen MR) is 129 cm³/mol. The molecule has 12 nitrogen and oxygen atoms in total. The fraction of sp³-hybridized carbons (Fsp3) is 0.240. The van der Waals surface area contributed by atoms with E-state index in [0.717, 1.165) is 22.9 Å². The molecule has 2 amide bonds. The monoisotopic (exact) mass is 509 g/mol. The molecule has 0 unspecified atom stereocenters. The molecule has 1 aromatic carbocycles. The summed E-state index contributed by atoms with van der Waals surface area (Å²) in [5.41, 5.74) is 1.04. The Hall–Kier alpha value is -4.87. The number of H-pyrrole nitrogens is 2. The van der Waals surface area contributed by atoms with Crippen LogP contribution in [-0.4, -0.2) is 45.9 Å². The largest absolute Gasteiger partial charge is 0.554 e. The lowest BCUT2D eigenvalue weighted by Crippen LogP contribution is -2.44. The van der Waals surface area contributed by atoms with Gasteiger partial charge >= 0.3 is 23.3 Å². The van der Waals surface area contributed by atoms with Gasteiger partial charge in [0, 0.05) is 25.4 Å². The van der Waals surface area contributed by atoms with Crippen molar-refractivity contribution in [1.29, 1.82) is 0 Å². The number of amides is 2. The Balaban J connectivity index is 0.00000153. The molecule has 0 aliphatic rings. The minimum Gasteiger partial charge on any atom is -0.554 e. The Morgan fingerprint density at radius 1 is 1.16 bits per heavy atom. The zero-order valence-corrected chi connectivity index (χ0v) is 20.4. The van der Waals surface area contributed by atoms with Gasteiger partial charge in [0.05, 0.1) is 11.5 Å². The normalized spacial score (nSPS) is 11.3. The van der Waals surface area contributed by atoms with Gasteiger partial charge in [-0.05, 0) is 36.6 Å². The molecular formula is C25H27N5O7. The first-order valence-electron chi connectivity index (χ1n) is 11.0. The number of pyridine rings is 1. The average molecular weight is 510 g/mol. The van der Waals surface area contributed by atoms with Crippen LogP contribution in [0.4, 0.5) is 0 Å². The average Bonchev–Trinajstić information content (AvgIpc) is 2.87. The van der Waals surface area contributed by atoms with Crippen molar-refractivity contribution in [3.63, 3.8) is 0 Å². The summed E-state index contributed by atoms with van der Waals surface area (Å²) in [6, 6.07) is 11.5. The van der Waals surface area contributed by atoms with E-state index in [4.69, 9.17) is 15.0 Å². The number of benzene rings is 1. The van der Waals surface area contributed by atoms with Crippen molar-refractivity contribution in [2.45, 2.75) is 26.3 Å². The van der Waals surface area contributed by atoms with Crippen LogP contribution in [0.3, 0.4) is 0 Å². The Morgan fingerprint density at radius 3 is 2.35 bits per heavy atom. The Morgan fingerprint density at radius 2 is 1.81 bits per heavy atom. The van der Waals surface area contributed by atoms with Gasteiger partial charge in [0.25, 0.3) is 5.91 Å². The number of aromatic nitrogens is 3. The molecule has 12 heteroatoms. The van der Waals surface area contributed by atoms with Crippen LogP contribution < -0.4 is 26.3 Å². The third kappa shape index (κ3) is 7.82. The number of aliphatic carboxylic acids is 1. The van der Waals surface area contributed by atoms with Crippen LogP contribution in [0.2, 0.25) is 0 Å². The quantitative estimate of drug-likeness (QED) is 0.298. The summed E-state index contributed by atoms with van der Waals surface area (Å²) in [5.74, 6) is -3.35. The molecule has 5 N–H and O–H groups in total. The van der Waals surface area contributed by atoms with E-state index >= 15 is 0 Å². The van der Waals surface area contributed by atoms with E-state index in [9.17, 15) is 19.2 Å². The topological polar surface area (TPSA) is 196 Å². The number of carbonyl (C=O) groups excluding carboxylic acids is 3. The molecule has 0 saturated carbocycles. The van der Waals surface area contributed by atoms with Gasteiger partial charge in [-0.1, -0.05) is 37.3 Å². The summed E-state index contributed by atoms with van der Waals surface area (Å²) in [5, 5.41) is 22.4. The summed E-state index contributed by atoms with van der Waals surface area (Å²) in [6.07, 6.45) is 4.61. The maximum atomic E-state index is 12.8. The zero-order chi connectivity index (χ0) is 27.6. The van der Waals surface area contributed by atoms with Gasteiger partial charge in [0.15, 0.2) is 5.56 Å². The zero-order valence-electron chi connectivity index (χ0n) is 20.4. The molecule has 0 aliphatic heterocycles. The highest BCUT2D eigenvalue weighted by Gasteiger charge is 2.27. The summed E-state index contributed by atoms with van der Waals surface area (Å²) >= 11 is 0. The van der Waals surface area contributed by atoms with Gasteiger partial charge in [-0.25, -0.2) is 14.8 Å². The van der Waals surface area contributed by atoms with Crippen LogP contribution in [0, 0.1) is 5.92 Å². The maximum Gasteiger partial charge on any atom is 0.348 e. The molecule has 2 aromatic heterocycles. The number of rotatable bonds is 8. The molecule has 0 aliphatic carbocycles. The number of carbonyl (C=O) groups is 4.